The number of nitrogens with zero attached hydrogens (tertiary/aromatic N) is 3. The summed E-state index contributed by atoms with van der Waals surface area (Å²) >= 11 is 0. The van der Waals surface area contributed by atoms with Crippen molar-refractivity contribution in [3.8, 4) is 17.6 Å². The Morgan fingerprint density at radius 3 is 2.61 bits per heavy atom. The van der Waals surface area contributed by atoms with E-state index in [9.17, 15) is 10.1 Å². The standard InChI is InChI=1S/C20H17N5O3/c1-27-14-7-8-16(18(9-14)28-2)25-20(26)17-10-19(23-12-22-17)24-15-6-4-3-5-13(15)11-21/h3-10,12H,1-2H3,(H,25,26)(H,22,23,24). The van der Waals surface area contributed by atoms with Gasteiger partial charge in [-0.05, 0) is 24.3 Å². The number of hydrogen-bond acceptors (Lipinski definition) is 7. The number of para-hydroxylation sites is 1. The van der Waals surface area contributed by atoms with Gasteiger partial charge in [-0.15, -0.1) is 0 Å². The highest BCUT2D eigenvalue weighted by atomic mass is 16.5. The van der Waals surface area contributed by atoms with E-state index < -0.39 is 5.91 Å². The molecule has 0 saturated carbocycles. The molecule has 0 spiro atoms. The molecule has 0 atom stereocenters. The van der Waals surface area contributed by atoms with Crippen molar-refractivity contribution in [3.63, 3.8) is 0 Å². The normalized spacial score (nSPS) is 9.89. The second-order valence-electron chi connectivity index (χ2n) is 5.59. The van der Waals surface area contributed by atoms with Crippen molar-refractivity contribution in [1.82, 2.24) is 9.97 Å². The minimum absolute atomic E-state index is 0.157. The fraction of sp³-hybridized carbons (Fsp3) is 0.100. The van der Waals surface area contributed by atoms with Crippen LogP contribution in [0.15, 0.2) is 54.9 Å². The van der Waals surface area contributed by atoms with E-state index in [0.717, 1.165) is 0 Å². The first kappa shape index (κ1) is 18.7. The van der Waals surface area contributed by atoms with Crippen LogP contribution in [0.25, 0.3) is 0 Å². The lowest BCUT2D eigenvalue weighted by molar-refractivity contribution is 0.102. The maximum Gasteiger partial charge on any atom is 0.274 e. The maximum atomic E-state index is 12.6. The number of hydrogen-bond donors (Lipinski definition) is 2. The predicted molar refractivity (Wildman–Crippen MR) is 104 cm³/mol. The van der Waals surface area contributed by atoms with Crippen LogP contribution in [0.2, 0.25) is 0 Å². The molecule has 0 aliphatic heterocycles. The molecule has 0 aliphatic rings. The van der Waals surface area contributed by atoms with Gasteiger partial charge in [0.05, 0.1) is 31.2 Å². The van der Waals surface area contributed by atoms with Crippen molar-refractivity contribution in [2.24, 2.45) is 0 Å². The average Bonchev–Trinajstić information content (AvgIpc) is 2.74. The number of ether oxygens (including phenoxy) is 2. The molecule has 0 aliphatic carbocycles. The summed E-state index contributed by atoms with van der Waals surface area (Å²) in [4.78, 5) is 20.7. The van der Waals surface area contributed by atoms with Gasteiger partial charge in [-0.3, -0.25) is 4.79 Å². The topological polar surface area (TPSA) is 109 Å². The molecule has 2 N–H and O–H groups in total. The Labute approximate surface area is 161 Å². The molecular formula is C20H17N5O3. The largest absolute Gasteiger partial charge is 0.497 e. The van der Waals surface area contributed by atoms with Gasteiger partial charge in [0.1, 0.15) is 35.4 Å². The van der Waals surface area contributed by atoms with E-state index in [-0.39, 0.29) is 5.69 Å². The predicted octanol–water partition coefficient (Wildman–Crippen LogP) is 3.36. The second kappa shape index (κ2) is 8.51. The van der Waals surface area contributed by atoms with E-state index >= 15 is 0 Å². The first-order valence-electron chi connectivity index (χ1n) is 8.26. The van der Waals surface area contributed by atoms with Crippen LogP contribution in [0.4, 0.5) is 17.2 Å². The first-order valence-corrected chi connectivity index (χ1v) is 8.26. The molecule has 0 saturated heterocycles. The fourth-order valence-corrected chi connectivity index (χ4v) is 2.47. The third-order valence-electron chi connectivity index (χ3n) is 3.87. The summed E-state index contributed by atoms with van der Waals surface area (Å²) in [6.07, 6.45) is 1.28. The molecule has 0 radical (unpaired) electrons. The Bertz CT molecular complexity index is 1050. The molecule has 0 unspecified atom stereocenters. The molecule has 0 fully saturated rings. The molecular weight excluding hydrogens is 358 g/mol. The second-order valence-corrected chi connectivity index (χ2v) is 5.59. The summed E-state index contributed by atoms with van der Waals surface area (Å²) in [5.41, 5.74) is 1.70. The number of benzene rings is 2. The van der Waals surface area contributed by atoms with E-state index in [1.54, 1.807) is 49.6 Å². The van der Waals surface area contributed by atoms with Crippen LogP contribution in [0.3, 0.4) is 0 Å². The first-order chi connectivity index (χ1) is 13.6. The fourth-order valence-electron chi connectivity index (χ4n) is 2.47. The molecule has 8 nitrogen and oxygen atoms in total. The minimum atomic E-state index is -0.428. The van der Waals surface area contributed by atoms with Crippen LogP contribution in [-0.2, 0) is 0 Å². The van der Waals surface area contributed by atoms with Gasteiger partial charge in [0.25, 0.3) is 5.91 Å². The molecule has 3 rings (SSSR count). The smallest absolute Gasteiger partial charge is 0.274 e. The van der Waals surface area contributed by atoms with Gasteiger partial charge in [0.15, 0.2) is 0 Å². The Hall–Kier alpha value is -4.12. The zero-order chi connectivity index (χ0) is 19.9. The zero-order valence-corrected chi connectivity index (χ0v) is 15.3. The SMILES string of the molecule is COc1ccc(NC(=O)c2cc(Nc3ccccc3C#N)ncn2)c(OC)c1. The number of carbonyl (C=O) groups is 1. The van der Waals surface area contributed by atoms with Gasteiger partial charge in [-0.1, -0.05) is 12.1 Å². The Kier molecular flexibility index (Phi) is 5.67. The van der Waals surface area contributed by atoms with Crippen molar-refractivity contribution in [1.29, 1.82) is 5.26 Å². The highest BCUT2D eigenvalue weighted by Gasteiger charge is 2.13. The van der Waals surface area contributed by atoms with Crippen LogP contribution >= 0.6 is 0 Å². The van der Waals surface area contributed by atoms with Crippen molar-refractivity contribution in [3.05, 3.63) is 66.1 Å². The van der Waals surface area contributed by atoms with Crippen LogP contribution in [0.5, 0.6) is 11.5 Å². The number of aromatic nitrogens is 2. The molecule has 8 heteroatoms. The van der Waals surface area contributed by atoms with Crippen LogP contribution in [-0.4, -0.2) is 30.1 Å². The summed E-state index contributed by atoms with van der Waals surface area (Å²) in [6.45, 7) is 0. The lowest BCUT2D eigenvalue weighted by Gasteiger charge is -2.12. The highest BCUT2D eigenvalue weighted by Crippen LogP contribution is 2.29. The minimum Gasteiger partial charge on any atom is -0.497 e. The number of methoxy groups -OCH3 is 2. The van der Waals surface area contributed by atoms with Crippen molar-refractivity contribution < 1.29 is 14.3 Å². The molecule has 1 amide bonds. The Balaban J connectivity index is 1.80. The number of amides is 1. The molecule has 3 aromatic rings. The number of nitriles is 1. The summed E-state index contributed by atoms with van der Waals surface area (Å²) in [6, 6.07) is 15.7. The van der Waals surface area contributed by atoms with E-state index in [0.29, 0.717) is 34.3 Å². The van der Waals surface area contributed by atoms with Crippen LogP contribution in [0, 0.1) is 11.3 Å². The van der Waals surface area contributed by atoms with Gasteiger partial charge in [0.2, 0.25) is 0 Å². The molecule has 1 aromatic heterocycles. The molecule has 0 bridgehead atoms. The number of nitrogens with one attached hydrogen (secondary N) is 2. The van der Waals surface area contributed by atoms with Gasteiger partial charge in [0, 0.05) is 12.1 Å². The zero-order valence-electron chi connectivity index (χ0n) is 15.3. The van der Waals surface area contributed by atoms with E-state index in [1.807, 2.05) is 0 Å². The summed E-state index contributed by atoms with van der Waals surface area (Å²) < 4.78 is 10.4. The average molecular weight is 375 g/mol. The highest BCUT2D eigenvalue weighted by molar-refractivity contribution is 6.04. The molecule has 140 valence electrons. The van der Waals surface area contributed by atoms with Crippen molar-refractivity contribution in [2.45, 2.75) is 0 Å². The van der Waals surface area contributed by atoms with E-state index in [1.165, 1.54) is 19.5 Å². The third-order valence-corrected chi connectivity index (χ3v) is 3.87. The lowest BCUT2D eigenvalue weighted by Crippen LogP contribution is -2.15. The lowest BCUT2D eigenvalue weighted by atomic mass is 10.2. The Morgan fingerprint density at radius 2 is 1.86 bits per heavy atom. The van der Waals surface area contributed by atoms with E-state index in [4.69, 9.17) is 9.47 Å². The van der Waals surface area contributed by atoms with Gasteiger partial charge in [-0.25, -0.2) is 9.97 Å². The number of carbonyl (C=O) groups excluding carboxylic acids is 1. The van der Waals surface area contributed by atoms with Crippen LogP contribution < -0.4 is 20.1 Å². The van der Waals surface area contributed by atoms with Gasteiger partial charge in [-0.2, -0.15) is 5.26 Å². The van der Waals surface area contributed by atoms with Gasteiger partial charge >= 0.3 is 0 Å². The third kappa shape index (κ3) is 4.16. The molecule has 1 heterocycles. The van der Waals surface area contributed by atoms with Crippen molar-refractivity contribution in [2.75, 3.05) is 24.9 Å². The quantitative estimate of drug-likeness (QED) is 0.680. The van der Waals surface area contributed by atoms with Crippen LogP contribution in [0.1, 0.15) is 16.1 Å². The number of anilines is 3. The van der Waals surface area contributed by atoms with Gasteiger partial charge < -0.3 is 20.1 Å². The Morgan fingerprint density at radius 1 is 1.04 bits per heavy atom. The maximum absolute atomic E-state index is 12.6. The monoisotopic (exact) mass is 375 g/mol. The summed E-state index contributed by atoms with van der Waals surface area (Å²) in [5, 5.41) is 15.0. The summed E-state index contributed by atoms with van der Waals surface area (Å²) in [5.74, 6) is 1.04. The number of rotatable bonds is 6. The summed E-state index contributed by atoms with van der Waals surface area (Å²) in [7, 11) is 3.05. The van der Waals surface area contributed by atoms with E-state index in [2.05, 4.69) is 26.7 Å². The molecule has 2 aromatic carbocycles. The van der Waals surface area contributed by atoms with Crippen molar-refractivity contribution >= 4 is 23.1 Å². The molecule has 28 heavy (non-hydrogen) atoms.